The Hall–Kier alpha value is -3.88. The first-order chi connectivity index (χ1) is 24.1. The average molecular weight is 727 g/mol. The minimum absolute atomic E-state index is 0.0611. The lowest BCUT2D eigenvalue weighted by molar-refractivity contribution is -0.159. The van der Waals surface area contributed by atoms with Crippen LogP contribution in [0.15, 0.2) is 24.7 Å². The summed E-state index contributed by atoms with van der Waals surface area (Å²) < 4.78 is 41.8. The van der Waals surface area contributed by atoms with Gasteiger partial charge >= 0.3 is 5.97 Å². The van der Waals surface area contributed by atoms with E-state index in [1.165, 1.54) is 11.2 Å². The minimum atomic E-state index is -3.84. The van der Waals surface area contributed by atoms with Crippen molar-refractivity contribution in [1.29, 1.82) is 0 Å². The van der Waals surface area contributed by atoms with E-state index in [9.17, 15) is 27.6 Å². The highest BCUT2D eigenvalue weighted by atomic mass is 32.2. The molecule has 3 fully saturated rings. The third-order valence-electron chi connectivity index (χ3n) is 10.3. The molecular weight excluding hydrogens is 676 g/mol. The van der Waals surface area contributed by atoms with E-state index in [1.807, 2.05) is 30.6 Å². The Kier molecular flexibility index (Phi) is 10.3. The van der Waals surface area contributed by atoms with Crippen molar-refractivity contribution in [1.82, 2.24) is 29.1 Å². The van der Waals surface area contributed by atoms with Crippen molar-refractivity contribution >= 4 is 44.8 Å². The predicted molar refractivity (Wildman–Crippen MR) is 187 cm³/mol. The van der Waals surface area contributed by atoms with E-state index in [-0.39, 0.29) is 55.5 Å². The summed E-state index contributed by atoms with van der Waals surface area (Å²) in [6.45, 7) is 9.32. The zero-order chi connectivity index (χ0) is 36.7. The van der Waals surface area contributed by atoms with Gasteiger partial charge in [-0.1, -0.05) is 25.0 Å². The fraction of sp³-hybridized carbons (Fsp3) is 0.694. The Morgan fingerprint density at radius 3 is 2.59 bits per heavy atom. The number of ether oxygens (including phenoxy) is 2. The Balaban J connectivity index is 1.31. The van der Waals surface area contributed by atoms with Crippen LogP contribution < -0.4 is 9.46 Å². The number of carbonyl (C=O) groups excluding carboxylic acids is 4. The molecule has 0 spiro atoms. The van der Waals surface area contributed by atoms with Gasteiger partial charge < -0.3 is 14.4 Å². The molecule has 2 amide bonds. The molecule has 2 aromatic heterocycles. The van der Waals surface area contributed by atoms with E-state index < -0.39 is 56.2 Å². The van der Waals surface area contributed by atoms with E-state index in [1.54, 1.807) is 27.0 Å². The molecule has 14 nitrogen and oxygen atoms in total. The lowest BCUT2D eigenvalue weighted by Gasteiger charge is -2.29. The molecule has 0 bridgehead atoms. The molecule has 4 heterocycles. The quantitative estimate of drug-likeness (QED) is 0.304. The third kappa shape index (κ3) is 8.28. The standard InChI is InChI=1S/C36H50N6O8S/c1-22(2)42-31-27(19-37-21-38-31)39-34(42)49-25-16-28-29(43)18-36(33(46)40-51(47,48)26-13-14-26)17-24(36)12-10-8-6-7-9-11-23(32(45)41(28)20-25)15-30(44)50-35(3,4)5/h10,12,19,21-26,28H,6-9,11,13-18,20H2,1-5H3,(H,40,46)/b12-10-/t23-,24-,25-,28+,36-/m1/s1. The summed E-state index contributed by atoms with van der Waals surface area (Å²) in [5.41, 5.74) is -0.828. The van der Waals surface area contributed by atoms with E-state index in [4.69, 9.17) is 9.47 Å². The van der Waals surface area contributed by atoms with Crippen molar-refractivity contribution in [3.63, 3.8) is 0 Å². The lowest BCUT2D eigenvalue weighted by Crippen LogP contribution is -2.46. The Labute approximate surface area is 299 Å². The maximum atomic E-state index is 14.5. The maximum absolute atomic E-state index is 14.5. The molecule has 278 valence electrons. The molecule has 6 rings (SSSR count). The number of nitrogens with one attached hydrogen (secondary N) is 1. The fourth-order valence-corrected chi connectivity index (χ4v) is 8.82. The number of hydrogen-bond donors (Lipinski definition) is 1. The van der Waals surface area contributed by atoms with E-state index in [0.29, 0.717) is 43.3 Å². The van der Waals surface area contributed by atoms with Crippen LogP contribution in [0, 0.1) is 17.3 Å². The number of aromatic nitrogens is 4. The largest absolute Gasteiger partial charge is 0.460 e. The average Bonchev–Trinajstić information content (AvgIpc) is 3.94. The highest BCUT2D eigenvalue weighted by molar-refractivity contribution is 7.90. The van der Waals surface area contributed by atoms with E-state index in [0.717, 1.165) is 19.3 Å². The van der Waals surface area contributed by atoms with Crippen molar-refractivity contribution in [2.75, 3.05) is 6.54 Å². The monoisotopic (exact) mass is 726 g/mol. The van der Waals surface area contributed by atoms with Gasteiger partial charge in [0.15, 0.2) is 11.4 Å². The first kappa shape index (κ1) is 36.9. The molecule has 0 aromatic carbocycles. The normalized spacial score (nSPS) is 28.4. The van der Waals surface area contributed by atoms with Gasteiger partial charge in [0, 0.05) is 24.8 Å². The summed E-state index contributed by atoms with van der Waals surface area (Å²) in [5, 5.41) is -0.590. The highest BCUT2D eigenvalue weighted by Crippen LogP contribution is 2.57. The van der Waals surface area contributed by atoms with Crippen LogP contribution in [-0.2, 0) is 33.9 Å². The number of amides is 2. The molecule has 2 saturated carbocycles. The number of fused-ring (bicyclic) bond motifs is 3. The second-order valence-corrected chi connectivity index (χ2v) is 17.9. The number of nitrogens with zero attached hydrogens (tertiary/aromatic N) is 5. The fourth-order valence-electron chi connectivity index (χ4n) is 7.43. The number of imidazole rings is 1. The van der Waals surface area contributed by atoms with Crippen LogP contribution in [0.4, 0.5) is 0 Å². The Bertz CT molecular complexity index is 1810. The number of esters is 1. The molecule has 0 unspecified atom stereocenters. The number of carbonyl (C=O) groups is 4. The molecule has 1 N–H and O–H groups in total. The second-order valence-electron chi connectivity index (χ2n) is 15.9. The van der Waals surface area contributed by atoms with Crippen LogP contribution in [0.5, 0.6) is 6.01 Å². The smallest absolute Gasteiger partial charge is 0.307 e. The summed E-state index contributed by atoms with van der Waals surface area (Å²) in [6, 6.07) is -0.745. The highest BCUT2D eigenvalue weighted by Gasteiger charge is 2.61. The molecule has 4 aliphatic rings. The topological polar surface area (TPSA) is 180 Å². The van der Waals surface area contributed by atoms with Crippen molar-refractivity contribution in [3.8, 4) is 6.01 Å². The number of hydrogen-bond acceptors (Lipinski definition) is 11. The number of rotatable bonds is 8. The van der Waals surface area contributed by atoms with Crippen LogP contribution in [-0.4, -0.2) is 85.9 Å². The first-order valence-electron chi connectivity index (χ1n) is 18.2. The second kappa shape index (κ2) is 14.3. The summed E-state index contributed by atoms with van der Waals surface area (Å²) >= 11 is 0. The van der Waals surface area contributed by atoms with Crippen molar-refractivity contribution in [2.45, 2.75) is 134 Å². The minimum Gasteiger partial charge on any atom is -0.460 e. The van der Waals surface area contributed by atoms with Gasteiger partial charge in [0.1, 0.15) is 23.5 Å². The zero-order valence-corrected chi connectivity index (χ0v) is 31.0. The number of ketones is 1. The molecule has 51 heavy (non-hydrogen) atoms. The molecule has 15 heteroatoms. The number of Topliss-reactive ketones (excluding diaryl/α,β-unsaturated/α-hetero) is 1. The molecule has 2 aromatic rings. The van der Waals surface area contributed by atoms with Gasteiger partial charge in [0.25, 0.3) is 6.01 Å². The number of sulfonamides is 1. The molecule has 2 aliphatic carbocycles. The molecule has 0 radical (unpaired) electrons. The summed E-state index contributed by atoms with van der Waals surface area (Å²) in [4.78, 5) is 70.3. The molecule has 1 saturated heterocycles. The summed E-state index contributed by atoms with van der Waals surface area (Å²) in [6.07, 6.45) is 11.0. The Morgan fingerprint density at radius 1 is 1.12 bits per heavy atom. The van der Waals surface area contributed by atoms with Crippen molar-refractivity contribution in [3.05, 3.63) is 24.7 Å². The third-order valence-corrected chi connectivity index (χ3v) is 12.1. The van der Waals surface area contributed by atoms with Crippen molar-refractivity contribution in [2.24, 2.45) is 17.3 Å². The van der Waals surface area contributed by atoms with Crippen LogP contribution in [0.1, 0.15) is 111 Å². The van der Waals surface area contributed by atoms with Gasteiger partial charge in [-0.3, -0.25) is 28.5 Å². The first-order valence-corrected chi connectivity index (χ1v) is 19.7. The molecular formula is C36H50N6O8S. The summed E-state index contributed by atoms with van der Waals surface area (Å²) in [5.74, 6) is -2.87. The van der Waals surface area contributed by atoms with Gasteiger partial charge in [0.2, 0.25) is 21.8 Å². The van der Waals surface area contributed by atoms with Gasteiger partial charge in [-0.2, -0.15) is 4.98 Å². The predicted octanol–water partition coefficient (Wildman–Crippen LogP) is 4.20. The van der Waals surface area contributed by atoms with Crippen LogP contribution in [0.3, 0.4) is 0 Å². The van der Waals surface area contributed by atoms with Crippen LogP contribution >= 0.6 is 0 Å². The number of allylic oxidation sites excluding steroid dienone is 2. The zero-order valence-electron chi connectivity index (χ0n) is 30.2. The van der Waals surface area contributed by atoms with Crippen molar-refractivity contribution < 1.29 is 37.1 Å². The van der Waals surface area contributed by atoms with Gasteiger partial charge in [-0.25, -0.2) is 18.4 Å². The van der Waals surface area contributed by atoms with Gasteiger partial charge in [-0.15, -0.1) is 0 Å². The van der Waals surface area contributed by atoms with Gasteiger partial charge in [0.05, 0.1) is 35.9 Å². The van der Waals surface area contributed by atoms with Crippen LogP contribution in [0.25, 0.3) is 11.2 Å². The van der Waals surface area contributed by atoms with Crippen LogP contribution in [0.2, 0.25) is 0 Å². The van der Waals surface area contributed by atoms with Gasteiger partial charge in [-0.05, 0) is 79.1 Å². The molecule has 5 atom stereocenters. The maximum Gasteiger partial charge on any atom is 0.307 e. The lowest BCUT2D eigenvalue weighted by atomic mass is 9.90. The Morgan fingerprint density at radius 2 is 1.88 bits per heavy atom. The summed E-state index contributed by atoms with van der Waals surface area (Å²) in [7, 11) is -3.84. The molecule has 2 aliphatic heterocycles. The van der Waals surface area contributed by atoms with E-state index >= 15 is 0 Å². The van der Waals surface area contributed by atoms with E-state index in [2.05, 4.69) is 19.7 Å². The SMILES string of the molecule is CC(C)n1c(O[C@@H]2C[C@H]3C(=O)C[C@]4(C(=O)NS(=O)(=O)C5CC5)C[C@H]4/C=C\CCCCC[C@H](CC(=O)OC(C)(C)C)C(=O)N3C2)nc2cncnc21.